The maximum Gasteiger partial charge on any atom is 0.348 e. The number of rotatable bonds is 5. The second-order valence-corrected chi connectivity index (χ2v) is 9.28. The summed E-state index contributed by atoms with van der Waals surface area (Å²) >= 11 is 0. The van der Waals surface area contributed by atoms with Gasteiger partial charge in [-0.15, -0.1) is 0 Å². The zero-order valence-corrected chi connectivity index (χ0v) is 18.2. The Morgan fingerprint density at radius 1 is 1.15 bits per heavy atom. The van der Waals surface area contributed by atoms with Crippen LogP contribution in [0.25, 0.3) is 16.8 Å². The lowest BCUT2D eigenvalue weighted by molar-refractivity contribution is -0.131. The van der Waals surface area contributed by atoms with E-state index in [-0.39, 0.29) is 23.4 Å². The average Bonchev–Trinajstić information content (AvgIpc) is 3.21. The van der Waals surface area contributed by atoms with Gasteiger partial charge in [0.1, 0.15) is 17.4 Å². The van der Waals surface area contributed by atoms with Crippen LogP contribution < -0.4 is 10.4 Å². The number of benzene rings is 2. The number of amides is 1. The monoisotopic (exact) mass is 448 g/mol. The normalized spacial score (nSPS) is 19.5. The highest BCUT2D eigenvalue weighted by Gasteiger charge is 2.37. The van der Waals surface area contributed by atoms with Crippen molar-refractivity contribution >= 4 is 5.91 Å². The summed E-state index contributed by atoms with van der Waals surface area (Å²) in [6, 6.07) is 10.8. The molecule has 1 aromatic heterocycles. The number of likely N-dealkylation sites (tertiary alicyclic amines) is 1. The van der Waals surface area contributed by atoms with E-state index >= 15 is 4.39 Å². The number of fused-ring (bicyclic) bond motifs is 1. The van der Waals surface area contributed by atoms with Crippen molar-refractivity contribution in [3.63, 3.8) is 0 Å². The topological polar surface area (TPSA) is 80.2 Å². The van der Waals surface area contributed by atoms with Crippen LogP contribution in [0.2, 0.25) is 0 Å². The number of nitrogens with one attached hydrogen (secondary N) is 1. The van der Waals surface area contributed by atoms with E-state index in [0.717, 1.165) is 54.7 Å². The van der Waals surface area contributed by atoms with Crippen molar-refractivity contribution < 1.29 is 13.9 Å². The summed E-state index contributed by atoms with van der Waals surface area (Å²) < 4.78 is 22.1. The van der Waals surface area contributed by atoms with E-state index in [1.54, 1.807) is 6.07 Å². The number of carbonyl (C=O) groups excluding carboxylic acids is 1. The molecule has 2 aromatic carbocycles. The van der Waals surface area contributed by atoms with Crippen LogP contribution in [0.5, 0.6) is 5.75 Å². The zero-order valence-electron chi connectivity index (χ0n) is 18.2. The van der Waals surface area contributed by atoms with Crippen molar-refractivity contribution in [3.05, 3.63) is 64.1 Å². The number of nitrogens with zero attached hydrogens (tertiary/aromatic N) is 3. The molecule has 3 aromatic rings. The van der Waals surface area contributed by atoms with Crippen molar-refractivity contribution in [2.45, 2.75) is 32.1 Å². The first-order valence-electron chi connectivity index (χ1n) is 11.6. The highest BCUT2D eigenvalue weighted by atomic mass is 19.1. The van der Waals surface area contributed by atoms with Gasteiger partial charge >= 0.3 is 5.69 Å². The summed E-state index contributed by atoms with van der Waals surface area (Å²) in [6.07, 6.45) is 4.21. The molecule has 0 bridgehead atoms. The van der Waals surface area contributed by atoms with Gasteiger partial charge in [0.2, 0.25) is 5.91 Å². The first-order valence-corrected chi connectivity index (χ1v) is 11.6. The molecule has 1 N–H and O–H groups in total. The van der Waals surface area contributed by atoms with Crippen molar-refractivity contribution in [2.75, 3.05) is 19.7 Å². The summed E-state index contributed by atoms with van der Waals surface area (Å²) in [5, 5.41) is 6.65. The minimum absolute atomic E-state index is 0.181. The Hall–Kier alpha value is -3.42. The van der Waals surface area contributed by atoms with E-state index in [1.807, 2.05) is 29.2 Å². The van der Waals surface area contributed by atoms with Crippen LogP contribution in [0, 0.1) is 17.7 Å². The van der Waals surface area contributed by atoms with Gasteiger partial charge in [0, 0.05) is 31.8 Å². The molecule has 8 heteroatoms. The minimum atomic E-state index is -0.481. The van der Waals surface area contributed by atoms with E-state index in [9.17, 15) is 9.59 Å². The molecule has 170 valence electrons. The largest absolute Gasteiger partial charge is 0.493 e. The van der Waals surface area contributed by atoms with Crippen LogP contribution in [0.3, 0.4) is 0 Å². The number of aromatic nitrogens is 3. The smallest absolute Gasteiger partial charge is 0.348 e. The second-order valence-electron chi connectivity index (χ2n) is 9.28. The predicted octanol–water partition coefficient (Wildman–Crippen LogP) is 3.10. The Kier molecular flexibility index (Phi) is 4.81. The fraction of sp³-hybridized carbons (Fsp3) is 0.400. The Labute approximate surface area is 190 Å². The van der Waals surface area contributed by atoms with Gasteiger partial charge in [-0.25, -0.2) is 18.9 Å². The molecule has 1 amide bonds. The molecule has 0 radical (unpaired) electrons. The lowest BCUT2D eigenvalue weighted by Crippen LogP contribution is -2.30. The van der Waals surface area contributed by atoms with E-state index in [1.165, 1.54) is 10.6 Å². The van der Waals surface area contributed by atoms with Gasteiger partial charge < -0.3 is 9.64 Å². The van der Waals surface area contributed by atoms with Crippen molar-refractivity contribution in [3.8, 4) is 22.6 Å². The number of halogens is 1. The van der Waals surface area contributed by atoms with E-state index < -0.39 is 11.5 Å². The Morgan fingerprint density at radius 2 is 1.97 bits per heavy atom. The number of ether oxygens (including phenoxy) is 1. The van der Waals surface area contributed by atoms with E-state index in [2.05, 4.69) is 10.2 Å². The highest BCUT2D eigenvalue weighted by Crippen LogP contribution is 2.34. The molecule has 6 rings (SSSR count). The first kappa shape index (κ1) is 20.2. The molecule has 33 heavy (non-hydrogen) atoms. The number of H-pyrrole nitrogens is 1. The van der Waals surface area contributed by atoms with Crippen LogP contribution >= 0.6 is 0 Å². The van der Waals surface area contributed by atoms with Crippen LogP contribution in [0.15, 0.2) is 41.2 Å². The van der Waals surface area contributed by atoms with Gasteiger partial charge in [0.15, 0.2) is 0 Å². The lowest BCUT2D eigenvalue weighted by Gasteiger charge is -2.16. The number of carbonyl (C=O) groups is 1. The predicted molar refractivity (Wildman–Crippen MR) is 120 cm³/mol. The van der Waals surface area contributed by atoms with Gasteiger partial charge in [0.05, 0.1) is 12.3 Å². The maximum absolute atomic E-state index is 15.2. The van der Waals surface area contributed by atoms with Crippen molar-refractivity contribution in [1.82, 2.24) is 19.7 Å². The Morgan fingerprint density at radius 3 is 2.79 bits per heavy atom. The molecule has 2 fully saturated rings. The molecule has 2 aliphatic heterocycles. The number of hydrogen-bond acceptors (Lipinski definition) is 4. The third-order valence-corrected chi connectivity index (χ3v) is 6.95. The molecule has 0 spiro atoms. The van der Waals surface area contributed by atoms with Crippen LogP contribution in [-0.4, -0.2) is 45.3 Å². The van der Waals surface area contributed by atoms with Gasteiger partial charge in [-0.2, -0.15) is 5.10 Å². The highest BCUT2D eigenvalue weighted by molar-refractivity contribution is 5.81. The van der Waals surface area contributed by atoms with Crippen molar-refractivity contribution in [1.29, 1.82) is 0 Å². The molecule has 7 nitrogen and oxygen atoms in total. The standard InChI is InChI=1S/C25H25FN4O3/c26-20-13-18(17-4-6-22-19(12-17)8-10-33-22)3-5-21(20)30-23(27-28-25(30)32)11-15-7-9-29(14-15)24(31)16-1-2-16/h3-6,12-13,15-16H,1-2,7-11,14H2,(H,28,32)/t15-/m0/s1. The summed E-state index contributed by atoms with van der Waals surface area (Å²) in [5.74, 6) is 1.56. The molecule has 1 aliphatic carbocycles. The van der Waals surface area contributed by atoms with Gasteiger partial charge in [-0.1, -0.05) is 12.1 Å². The summed E-state index contributed by atoms with van der Waals surface area (Å²) in [7, 11) is 0. The summed E-state index contributed by atoms with van der Waals surface area (Å²) in [4.78, 5) is 26.8. The third kappa shape index (κ3) is 3.73. The molecular formula is C25H25FN4O3. The van der Waals surface area contributed by atoms with Gasteiger partial charge in [-0.3, -0.25) is 4.79 Å². The van der Waals surface area contributed by atoms with Crippen molar-refractivity contribution in [2.24, 2.45) is 11.8 Å². The van der Waals surface area contributed by atoms with Crippen LogP contribution in [-0.2, 0) is 17.6 Å². The minimum Gasteiger partial charge on any atom is -0.493 e. The van der Waals surface area contributed by atoms with Crippen LogP contribution in [0.4, 0.5) is 4.39 Å². The fourth-order valence-electron chi connectivity index (χ4n) is 4.99. The molecule has 0 unspecified atom stereocenters. The number of aromatic amines is 1. The van der Waals surface area contributed by atoms with E-state index in [0.29, 0.717) is 25.4 Å². The third-order valence-electron chi connectivity index (χ3n) is 6.95. The molecule has 1 saturated heterocycles. The van der Waals surface area contributed by atoms with Crippen LogP contribution in [0.1, 0.15) is 30.7 Å². The van der Waals surface area contributed by atoms with Gasteiger partial charge in [0.25, 0.3) is 0 Å². The Bertz CT molecular complexity index is 1290. The molecule has 3 aliphatic rings. The fourth-order valence-corrected chi connectivity index (χ4v) is 4.99. The van der Waals surface area contributed by atoms with Gasteiger partial charge in [-0.05, 0) is 66.1 Å². The Balaban J connectivity index is 1.24. The molecular weight excluding hydrogens is 423 g/mol. The lowest BCUT2D eigenvalue weighted by atomic mass is 10.0. The maximum atomic E-state index is 15.2. The SMILES string of the molecule is O=C(C1CC1)N1CC[C@@H](Cc2n[nH]c(=O)n2-c2ccc(-c3ccc4c(c3)CCO4)cc2F)C1. The second kappa shape index (κ2) is 7.86. The summed E-state index contributed by atoms with van der Waals surface area (Å²) in [6.45, 7) is 2.08. The summed E-state index contributed by atoms with van der Waals surface area (Å²) in [5.41, 5.74) is 2.50. The molecule has 3 heterocycles. The zero-order chi connectivity index (χ0) is 22.5. The quantitative estimate of drug-likeness (QED) is 0.651. The molecule has 1 saturated carbocycles. The first-order chi connectivity index (χ1) is 16.1. The van der Waals surface area contributed by atoms with E-state index in [4.69, 9.17) is 4.74 Å². The number of hydrogen-bond donors (Lipinski definition) is 1. The molecule has 1 atom stereocenters. The average molecular weight is 448 g/mol.